The maximum atomic E-state index is 13.5. The second kappa shape index (κ2) is 8.44. The van der Waals surface area contributed by atoms with Crippen LogP contribution in [-0.4, -0.2) is 62.0 Å². The number of anilines is 2. The molecule has 2 saturated heterocycles. The highest BCUT2D eigenvalue weighted by atomic mass is 16.5. The van der Waals surface area contributed by atoms with Crippen molar-refractivity contribution in [1.82, 2.24) is 20.3 Å². The average Bonchev–Trinajstić information content (AvgIpc) is 3.68. The van der Waals surface area contributed by atoms with E-state index in [-0.39, 0.29) is 29.2 Å². The number of rotatable bonds is 5. The minimum absolute atomic E-state index is 0.0424. The number of hydrogen-bond acceptors (Lipinski definition) is 8. The van der Waals surface area contributed by atoms with E-state index in [0.717, 1.165) is 61.7 Å². The molecule has 1 spiro atoms. The molecule has 2 aromatic heterocycles. The molecule has 2 bridgehead atoms. The molecule has 1 saturated carbocycles. The molecule has 4 aliphatic rings. The maximum Gasteiger partial charge on any atom is 0.226 e. The second-order valence-corrected chi connectivity index (χ2v) is 12.1. The number of nitrogens with zero attached hydrogens (tertiary/aromatic N) is 5. The Morgan fingerprint density at radius 3 is 2.68 bits per heavy atom. The van der Waals surface area contributed by atoms with Crippen molar-refractivity contribution in [3.05, 3.63) is 47.7 Å². The molecule has 1 amide bonds. The number of hydrogen-bond donors (Lipinski definition) is 2. The number of carbonyl (C=O) groups is 1. The first kappa shape index (κ1) is 23.5. The predicted molar refractivity (Wildman–Crippen MR) is 143 cm³/mol. The Labute approximate surface area is 222 Å². The molecular formula is C29H34N6O3. The molecule has 7 rings (SSSR count). The molecule has 3 aromatic rings. The smallest absolute Gasteiger partial charge is 0.226 e. The van der Waals surface area contributed by atoms with E-state index in [4.69, 9.17) is 4.52 Å². The molecule has 9 nitrogen and oxygen atoms in total. The van der Waals surface area contributed by atoms with Crippen molar-refractivity contribution in [3.8, 4) is 17.0 Å². The van der Waals surface area contributed by atoms with Crippen LogP contribution in [0.4, 0.5) is 11.6 Å². The summed E-state index contributed by atoms with van der Waals surface area (Å²) in [6, 6.07) is 11.8. The van der Waals surface area contributed by atoms with Gasteiger partial charge in [0.1, 0.15) is 11.5 Å². The Hall–Kier alpha value is -3.62. The fourth-order valence-electron chi connectivity index (χ4n) is 6.87. The van der Waals surface area contributed by atoms with Gasteiger partial charge in [-0.15, -0.1) is 10.2 Å². The third-order valence-corrected chi connectivity index (χ3v) is 9.37. The molecule has 0 radical (unpaired) electrons. The summed E-state index contributed by atoms with van der Waals surface area (Å²) in [6.07, 6.45) is 3.45. The van der Waals surface area contributed by atoms with Crippen LogP contribution in [0.3, 0.4) is 0 Å². The summed E-state index contributed by atoms with van der Waals surface area (Å²) in [5, 5.41) is 26.9. The first-order chi connectivity index (χ1) is 18.3. The van der Waals surface area contributed by atoms with Crippen molar-refractivity contribution in [2.24, 2.45) is 11.8 Å². The Kier molecular flexibility index (Phi) is 5.22. The van der Waals surface area contributed by atoms with Crippen LogP contribution in [0.2, 0.25) is 0 Å². The minimum atomic E-state index is -0.121. The summed E-state index contributed by atoms with van der Waals surface area (Å²) in [5.74, 6) is 4.00. The van der Waals surface area contributed by atoms with Crippen molar-refractivity contribution in [2.75, 3.05) is 23.3 Å². The van der Waals surface area contributed by atoms with Gasteiger partial charge in [-0.2, -0.15) is 0 Å². The molecule has 1 aromatic carbocycles. The molecule has 5 heterocycles. The van der Waals surface area contributed by atoms with Gasteiger partial charge in [-0.1, -0.05) is 38.1 Å². The fourth-order valence-corrected chi connectivity index (χ4v) is 6.87. The molecule has 3 fully saturated rings. The summed E-state index contributed by atoms with van der Waals surface area (Å²) in [4.78, 5) is 18.0. The van der Waals surface area contributed by atoms with Gasteiger partial charge in [-0.25, -0.2) is 0 Å². The van der Waals surface area contributed by atoms with Crippen LogP contribution < -0.4 is 10.2 Å². The molecular weight excluding hydrogens is 480 g/mol. The van der Waals surface area contributed by atoms with Gasteiger partial charge in [0, 0.05) is 47.7 Å². The molecule has 3 aliphatic heterocycles. The number of benzene rings is 1. The number of phenols is 1. The largest absolute Gasteiger partial charge is 0.507 e. The van der Waals surface area contributed by atoms with Gasteiger partial charge in [0.25, 0.3) is 0 Å². The molecule has 9 heteroatoms. The number of para-hydroxylation sites is 1. The van der Waals surface area contributed by atoms with Crippen LogP contribution >= 0.6 is 0 Å². The Morgan fingerprint density at radius 1 is 1.13 bits per heavy atom. The number of likely N-dealkylation sites (tertiary alicyclic amines) is 1. The number of aromatic nitrogens is 3. The molecule has 2 N–H and O–H groups in total. The van der Waals surface area contributed by atoms with Crippen LogP contribution in [0.25, 0.3) is 11.3 Å². The van der Waals surface area contributed by atoms with E-state index < -0.39 is 0 Å². The zero-order chi connectivity index (χ0) is 26.2. The lowest BCUT2D eigenvalue weighted by Crippen LogP contribution is -2.57. The summed E-state index contributed by atoms with van der Waals surface area (Å²) < 4.78 is 5.66. The van der Waals surface area contributed by atoms with Gasteiger partial charge < -0.3 is 24.7 Å². The first-order valence-electron chi connectivity index (χ1n) is 13.8. The zero-order valence-corrected chi connectivity index (χ0v) is 22.1. The third kappa shape index (κ3) is 3.66. The predicted octanol–water partition coefficient (Wildman–Crippen LogP) is 4.20. The lowest BCUT2D eigenvalue weighted by molar-refractivity contribution is -0.141. The van der Waals surface area contributed by atoms with Crippen molar-refractivity contribution in [1.29, 1.82) is 0 Å². The lowest BCUT2D eigenvalue weighted by atomic mass is 9.66. The normalized spacial score (nSPS) is 28.1. The Morgan fingerprint density at radius 2 is 1.95 bits per heavy atom. The Bertz CT molecular complexity index is 1400. The van der Waals surface area contributed by atoms with E-state index in [9.17, 15) is 9.90 Å². The standard InChI is InChI=1S/C29H34N6O3/c1-16(2)17(3)25-10-26(33-38-25)34-14-21-9-20(34)15-35(21)28(37)19-12-29(13-19)11-18-8-23(31-32-27(18)30-29)22-6-4-5-7-24(22)36/h4-8,10,16-17,19-21,36H,9,11-15H2,1-3H3,(H,30,32)/t17-,19-,20-,21-,29+/m1/s1. The molecule has 0 unspecified atom stereocenters. The van der Waals surface area contributed by atoms with Crippen molar-refractivity contribution in [3.63, 3.8) is 0 Å². The van der Waals surface area contributed by atoms with Crippen LogP contribution in [0, 0.1) is 11.8 Å². The highest BCUT2D eigenvalue weighted by Gasteiger charge is 2.55. The highest BCUT2D eigenvalue weighted by Crippen LogP contribution is 2.49. The van der Waals surface area contributed by atoms with Crippen molar-refractivity contribution in [2.45, 2.75) is 70.0 Å². The second-order valence-electron chi connectivity index (χ2n) is 12.1. The van der Waals surface area contributed by atoms with Crippen LogP contribution in [0.5, 0.6) is 5.75 Å². The van der Waals surface area contributed by atoms with E-state index in [0.29, 0.717) is 29.1 Å². The number of fused-ring (bicyclic) bond motifs is 3. The van der Waals surface area contributed by atoms with E-state index in [1.165, 1.54) is 0 Å². The van der Waals surface area contributed by atoms with Crippen molar-refractivity contribution < 1.29 is 14.4 Å². The van der Waals surface area contributed by atoms with Crippen LogP contribution in [0.1, 0.15) is 57.3 Å². The highest BCUT2D eigenvalue weighted by molar-refractivity contribution is 5.82. The quantitative estimate of drug-likeness (QED) is 0.522. The van der Waals surface area contributed by atoms with E-state index in [1.54, 1.807) is 12.1 Å². The summed E-state index contributed by atoms with van der Waals surface area (Å²) in [5.41, 5.74) is 2.32. The molecule has 1 aliphatic carbocycles. The number of amides is 1. The van der Waals surface area contributed by atoms with Gasteiger partial charge in [0.2, 0.25) is 5.91 Å². The monoisotopic (exact) mass is 514 g/mol. The minimum Gasteiger partial charge on any atom is -0.507 e. The number of carbonyl (C=O) groups excluding carboxylic acids is 1. The number of piperazine rings is 1. The number of phenolic OH excluding ortho intramolecular Hbond substituents is 1. The summed E-state index contributed by atoms with van der Waals surface area (Å²) in [7, 11) is 0. The molecule has 38 heavy (non-hydrogen) atoms. The number of nitrogens with one attached hydrogen (secondary N) is 1. The maximum absolute atomic E-state index is 13.5. The SMILES string of the molecule is CC(C)[C@@H](C)c1cc(N2C[C@H]3C[C@@H]2CN3C(=O)[C@H]2C[C@]3(Cc4cc(-c5ccccc5O)nnc4N3)C2)no1. The van der Waals surface area contributed by atoms with Gasteiger partial charge in [0.05, 0.1) is 17.8 Å². The lowest BCUT2D eigenvalue weighted by Gasteiger charge is -2.47. The third-order valence-electron chi connectivity index (χ3n) is 9.37. The van der Waals surface area contributed by atoms with Gasteiger partial charge in [-0.05, 0) is 49.8 Å². The van der Waals surface area contributed by atoms with Gasteiger partial charge >= 0.3 is 0 Å². The van der Waals surface area contributed by atoms with E-state index in [1.807, 2.05) is 18.2 Å². The fraction of sp³-hybridized carbons (Fsp3) is 0.517. The topological polar surface area (TPSA) is 108 Å². The number of aromatic hydroxyl groups is 1. The van der Waals surface area contributed by atoms with Crippen LogP contribution in [-0.2, 0) is 11.2 Å². The van der Waals surface area contributed by atoms with E-state index in [2.05, 4.69) is 57.3 Å². The molecule has 3 atom stereocenters. The first-order valence-corrected chi connectivity index (χ1v) is 13.8. The van der Waals surface area contributed by atoms with Crippen LogP contribution in [0.15, 0.2) is 40.9 Å². The van der Waals surface area contributed by atoms with Crippen molar-refractivity contribution >= 4 is 17.5 Å². The summed E-state index contributed by atoms with van der Waals surface area (Å²) in [6.45, 7) is 8.15. The van der Waals surface area contributed by atoms with Gasteiger partial charge in [-0.3, -0.25) is 4.79 Å². The molecule has 198 valence electrons. The average molecular weight is 515 g/mol. The zero-order valence-electron chi connectivity index (χ0n) is 22.1. The summed E-state index contributed by atoms with van der Waals surface area (Å²) >= 11 is 0. The van der Waals surface area contributed by atoms with E-state index >= 15 is 0 Å². The Balaban J connectivity index is 0.975. The van der Waals surface area contributed by atoms with Gasteiger partial charge in [0.15, 0.2) is 11.6 Å².